The van der Waals surface area contributed by atoms with Gasteiger partial charge in [0, 0.05) is 29.1 Å². The Labute approximate surface area is 162 Å². The van der Waals surface area contributed by atoms with Gasteiger partial charge in [-0.25, -0.2) is 4.79 Å². The van der Waals surface area contributed by atoms with E-state index in [0.29, 0.717) is 33.8 Å². The molecule has 0 unspecified atom stereocenters. The maximum Gasteiger partial charge on any atom is 0.319 e. The highest BCUT2D eigenvalue weighted by Crippen LogP contribution is 2.47. The average molecular weight is 395 g/mol. The number of anilines is 1. The first kappa shape index (κ1) is 18.7. The molecule has 1 aliphatic rings. The van der Waals surface area contributed by atoms with Crippen LogP contribution in [0.1, 0.15) is 18.4 Å². The predicted molar refractivity (Wildman–Crippen MR) is 104 cm³/mol. The molecule has 2 amide bonds. The van der Waals surface area contributed by atoms with Crippen LogP contribution in [-0.4, -0.2) is 26.8 Å². The van der Waals surface area contributed by atoms with Crippen LogP contribution in [0, 0.1) is 0 Å². The van der Waals surface area contributed by atoms with E-state index in [1.165, 1.54) is 19.8 Å². The van der Waals surface area contributed by atoms with Gasteiger partial charge in [0.25, 0.3) is 0 Å². The maximum atomic E-state index is 12.4. The van der Waals surface area contributed by atoms with E-state index in [9.17, 15) is 4.79 Å². The lowest BCUT2D eigenvalue weighted by molar-refractivity contribution is 0.251. The topological polar surface area (TPSA) is 59.6 Å². The third-order valence-electron chi connectivity index (χ3n) is 4.62. The average Bonchev–Trinajstić information content (AvgIpc) is 3.43. The minimum atomic E-state index is -0.312. The first-order valence-corrected chi connectivity index (χ1v) is 8.95. The zero-order valence-electron chi connectivity index (χ0n) is 14.6. The van der Waals surface area contributed by atoms with Crippen molar-refractivity contribution in [3.63, 3.8) is 0 Å². The fourth-order valence-electron chi connectivity index (χ4n) is 2.90. The number of ether oxygens (including phenoxy) is 2. The van der Waals surface area contributed by atoms with Crippen molar-refractivity contribution in [3.05, 3.63) is 52.0 Å². The van der Waals surface area contributed by atoms with Crippen LogP contribution in [0.3, 0.4) is 0 Å². The van der Waals surface area contributed by atoms with Crippen LogP contribution in [-0.2, 0) is 5.41 Å². The molecule has 0 aromatic heterocycles. The highest BCUT2D eigenvalue weighted by molar-refractivity contribution is 6.32. The van der Waals surface area contributed by atoms with Gasteiger partial charge in [-0.15, -0.1) is 0 Å². The molecule has 1 fully saturated rings. The van der Waals surface area contributed by atoms with Gasteiger partial charge in [-0.05, 0) is 30.5 Å². The van der Waals surface area contributed by atoms with Crippen LogP contribution in [0.4, 0.5) is 10.5 Å². The Morgan fingerprint density at radius 3 is 2.31 bits per heavy atom. The molecule has 0 aliphatic heterocycles. The fourth-order valence-corrected chi connectivity index (χ4v) is 3.25. The fraction of sp³-hybridized carbons (Fsp3) is 0.316. The van der Waals surface area contributed by atoms with E-state index in [1.807, 2.05) is 24.3 Å². The standard InChI is InChI=1S/C19H20Cl2N2O3/c1-25-16-10-15(17(26-2)9-14(16)21)23-18(24)22-11-19(7-8-19)12-3-5-13(20)6-4-12/h3-6,9-10H,7-8,11H2,1-2H3,(H2,22,23,24). The first-order valence-electron chi connectivity index (χ1n) is 8.20. The van der Waals surface area contributed by atoms with E-state index in [1.54, 1.807) is 12.1 Å². The third kappa shape index (κ3) is 4.00. The Bertz CT molecular complexity index is 805. The van der Waals surface area contributed by atoms with E-state index >= 15 is 0 Å². The molecular formula is C19H20Cl2N2O3. The van der Waals surface area contributed by atoms with Crippen LogP contribution in [0.15, 0.2) is 36.4 Å². The van der Waals surface area contributed by atoms with E-state index in [0.717, 1.165) is 12.8 Å². The van der Waals surface area contributed by atoms with E-state index < -0.39 is 0 Å². The minimum absolute atomic E-state index is 0.0102. The van der Waals surface area contributed by atoms with Crippen LogP contribution in [0.2, 0.25) is 10.0 Å². The second kappa shape index (κ2) is 7.64. The van der Waals surface area contributed by atoms with Gasteiger partial charge in [-0.3, -0.25) is 0 Å². The Morgan fingerprint density at radius 2 is 1.73 bits per heavy atom. The van der Waals surface area contributed by atoms with Crippen molar-refractivity contribution in [1.29, 1.82) is 0 Å². The second-order valence-corrected chi connectivity index (χ2v) is 7.13. The molecule has 7 heteroatoms. The number of rotatable bonds is 6. The van der Waals surface area contributed by atoms with Gasteiger partial charge in [-0.1, -0.05) is 35.3 Å². The second-order valence-electron chi connectivity index (χ2n) is 6.28. The number of nitrogens with one attached hydrogen (secondary N) is 2. The summed E-state index contributed by atoms with van der Waals surface area (Å²) in [4.78, 5) is 12.4. The van der Waals surface area contributed by atoms with Gasteiger partial charge < -0.3 is 20.1 Å². The number of urea groups is 1. The van der Waals surface area contributed by atoms with E-state index in [4.69, 9.17) is 32.7 Å². The van der Waals surface area contributed by atoms with Crippen LogP contribution >= 0.6 is 23.2 Å². The summed E-state index contributed by atoms with van der Waals surface area (Å²) in [6.07, 6.45) is 2.07. The molecule has 138 valence electrons. The third-order valence-corrected chi connectivity index (χ3v) is 5.17. The molecule has 2 aromatic rings. The van der Waals surface area contributed by atoms with Crippen molar-refractivity contribution in [2.75, 3.05) is 26.1 Å². The maximum absolute atomic E-state index is 12.4. The summed E-state index contributed by atoms with van der Waals surface area (Å²) >= 11 is 12.0. The Morgan fingerprint density at radius 1 is 1.08 bits per heavy atom. The Kier molecular flexibility index (Phi) is 5.49. The smallest absolute Gasteiger partial charge is 0.319 e. The lowest BCUT2D eigenvalue weighted by Crippen LogP contribution is -2.35. The normalized spacial score (nSPS) is 14.5. The Hall–Kier alpha value is -2.11. The number of hydrogen-bond donors (Lipinski definition) is 2. The molecule has 2 N–H and O–H groups in total. The van der Waals surface area contributed by atoms with E-state index in [2.05, 4.69) is 10.6 Å². The van der Waals surface area contributed by atoms with Crippen molar-refractivity contribution in [2.24, 2.45) is 0 Å². The summed E-state index contributed by atoms with van der Waals surface area (Å²) in [6, 6.07) is 10.7. The number of amides is 2. The number of methoxy groups -OCH3 is 2. The monoisotopic (exact) mass is 394 g/mol. The summed E-state index contributed by atoms with van der Waals surface area (Å²) < 4.78 is 10.5. The molecular weight excluding hydrogens is 375 g/mol. The zero-order valence-corrected chi connectivity index (χ0v) is 16.1. The quantitative estimate of drug-likeness (QED) is 0.734. The molecule has 3 rings (SSSR count). The lowest BCUT2D eigenvalue weighted by Gasteiger charge is -2.18. The van der Waals surface area contributed by atoms with Crippen LogP contribution < -0.4 is 20.1 Å². The Balaban J connectivity index is 1.65. The van der Waals surface area contributed by atoms with Gasteiger partial charge >= 0.3 is 6.03 Å². The number of carbonyl (C=O) groups is 1. The summed E-state index contributed by atoms with van der Waals surface area (Å²) in [5.74, 6) is 0.924. The van der Waals surface area contributed by atoms with Crippen LogP contribution in [0.5, 0.6) is 11.5 Å². The van der Waals surface area contributed by atoms with Crippen molar-refractivity contribution in [1.82, 2.24) is 5.32 Å². The molecule has 0 heterocycles. The molecule has 0 radical (unpaired) electrons. The molecule has 5 nitrogen and oxygen atoms in total. The van der Waals surface area contributed by atoms with Gasteiger partial charge in [0.05, 0.1) is 24.9 Å². The van der Waals surface area contributed by atoms with Gasteiger partial charge in [0.1, 0.15) is 11.5 Å². The summed E-state index contributed by atoms with van der Waals surface area (Å²) in [6.45, 7) is 0.549. The number of benzene rings is 2. The lowest BCUT2D eigenvalue weighted by atomic mass is 9.96. The SMILES string of the molecule is COc1cc(NC(=O)NCC2(c3ccc(Cl)cc3)CC2)c(OC)cc1Cl. The molecule has 0 spiro atoms. The molecule has 0 atom stereocenters. The van der Waals surface area contributed by atoms with Gasteiger partial charge in [-0.2, -0.15) is 0 Å². The first-order chi connectivity index (χ1) is 12.5. The number of carbonyl (C=O) groups excluding carboxylic acids is 1. The molecule has 2 aromatic carbocycles. The minimum Gasteiger partial charge on any atom is -0.495 e. The van der Waals surface area contributed by atoms with Gasteiger partial charge in [0.2, 0.25) is 0 Å². The predicted octanol–water partition coefficient (Wildman–Crippen LogP) is 4.86. The highest BCUT2D eigenvalue weighted by atomic mass is 35.5. The van der Waals surface area contributed by atoms with Crippen molar-refractivity contribution < 1.29 is 14.3 Å². The molecule has 0 bridgehead atoms. The van der Waals surface area contributed by atoms with E-state index in [-0.39, 0.29) is 11.4 Å². The molecule has 1 aliphatic carbocycles. The van der Waals surface area contributed by atoms with Crippen molar-refractivity contribution in [3.8, 4) is 11.5 Å². The highest BCUT2D eigenvalue weighted by Gasteiger charge is 2.44. The summed E-state index contributed by atoms with van der Waals surface area (Å²) in [7, 11) is 3.03. The zero-order chi connectivity index (χ0) is 18.7. The number of hydrogen-bond acceptors (Lipinski definition) is 3. The molecule has 1 saturated carbocycles. The van der Waals surface area contributed by atoms with Crippen molar-refractivity contribution in [2.45, 2.75) is 18.3 Å². The number of halogens is 2. The summed E-state index contributed by atoms with van der Waals surface area (Å²) in [5, 5.41) is 6.85. The summed E-state index contributed by atoms with van der Waals surface area (Å²) in [5.41, 5.74) is 1.67. The van der Waals surface area contributed by atoms with Crippen molar-refractivity contribution >= 4 is 34.9 Å². The van der Waals surface area contributed by atoms with Gasteiger partial charge in [0.15, 0.2) is 0 Å². The van der Waals surface area contributed by atoms with Crippen LogP contribution in [0.25, 0.3) is 0 Å². The largest absolute Gasteiger partial charge is 0.495 e. The molecule has 0 saturated heterocycles. The molecule has 26 heavy (non-hydrogen) atoms.